The van der Waals surface area contributed by atoms with Gasteiger partial charge in [0.1, 0.15) is 24.2 Å². The highest BCUT2D eigenvalue weighted by Gasteiger charge is 2.35. The lowest BCUT2D eigenvalue weighted by molar-refractivity contribution is 0.0694. The highest BCUT2D eigenvalue weighted by atomic mass is 19.1. The molecule has 2 heterocycles. The van der Waals surface area contributed by atoms with Crippen LogP contribution in [0.4, 0.5) is 18.9 Å². The van der Waals surface area contributed by atoms with Crippen LogP contribution >= 0.6 is 0 Å². The lowest BCUT2D eigenvalue weighted by Crippen LogP contribution is -2.30. The maximum absolute atomic E-state index is 14.8. The number of nitrogens with one attached hydrogen (secondary N) is 1. The molecule has 1 aromatic carbocycles. The number of hydrogen-bond acceptors (Lipinski definition) is 4. The molecule has 1 saturated heterocycles. The number of alkyl halides is 2. The molecule has 9 heteroatoms. The summed E-state index contributed by atoms with van der Waals surface area (Å²) in [6.45, 7) is -0.0906. The summed E-state index contributed by atoms with van der Waals surface area (Å²) in [7, 11) is 0. The Morgan fingerprint density at radius 2 is 2.03 bits per heavy atom. The summed E-state index contributed by atoms with van der Waals surface area (Å²) in [4.78, 5) is 25.3. The number of anilines is 1. The zero-order valence-corrected chi connectivity index (χ0v) is 15.7. The van der Waals surface area contributed by atoms with Crippen LogP contribution in [0, 0.1) is 11.7 Å². The number of aryl methyl sites for hydroxylation is 1. The average molecular weight is 409 g/mol. The predicted molar refractivity (Wildman–Crippen MR) is 103 cm³/mol. The molecule has 2 fully saturated rings. The molecule has 2 aromatic rings. The van der Waals surface area contributed by atoms with Crippen molar-refractivity contribution < 1.29 is 23.1 Å². The SMILES string of the molecule is O=C(O)c1cn(CCF)c2cc(N3CC(F)C(CNC4CC4)C3)c(F)cc2c1=O. The summed E-state index contributed by atoms with van der Waals surface area (Å²) < 4.78 is 43.6. The molecule has 2 N–H and O–H groups in total. The zero-order chi connectivity index (χ0) is 20.7. The van der Waals surface area contributed by atoms with Gasteiger partial charge in [0.2, 0.25) is 5.43 Å². The number of aromatic nitrogens is 1. The molecule has 0 spiro atoms. The van der Waals surface area contributed by atoms with Gasteiger partial charge in [-0.15, -0.1) is 0 Å². The molecule has 0 radical (unpaired) electrons. The van der Waals surface area contributed by atoms with Gasteiger partial charge in [0.15, 0.2) is 0 Å². The van der Waals surface area contributed by atoms with E-state index in [1.807, 2.05) is 0 Å². The van der Waals surface area contributed by atoms with E-state index in [1.165, 1.54) is 10.6 Å². The molecule has 4 rings (SSSR count). The predicted octanol–water partition coefficient (Wildman–Crippen LogP) is 2.33. The molecule has 6 nitrogen and oxygen atoms in total. The number of pyridine rings is 1. The van der Waals surface area contributed by atoms with Crippen molar-refractivity contribution in [1.29, 1.82) is 0 Å². The Morgan fingerprint density at radius 1 is 1.28 bits per heavy atom. The Labute approximate surface area is 164 Å². The molecule has 2 aliphatic rings. The molecule has 1 saturated carbocycles. The van der Waals surface area contributed by atoms with Crippen molar-refractivity contribution >= 4 is 22.6 Å². The van der Waals surface area contributed by atoms with Gasteiger partial charge in [0.25, 0.3) is 0 Å². The van der Waals surface area contributed by atoms with E-state index in [9.17, 15) is 27.9 Å². The first-order chi connectivity index (χ1) is 13.9. The summed E-state index contributed by atoms with van der Waals surface area (Å²) in [6.07, 6.45) is 2.14. The van der Waals surface area contributed by atoms with E-state index in [1.54, 1.807) is 4.90 Å². The Bertz CT molecular complexity index is 1010. The van der Waals surface area contributed by atoms with E-state index >= 15 is 0 Å². The van der Waals surface area contributed by atoms with Gasteiger partial charge in [-0.1, -0.05) is 0 Å². The number of aromatic carboxylic acids is 1. The van der Waals surface area contributed by atoms with Crippen molar-refractivity contribution in [1.82, 2.24) is 9.88 Å². The van der Waals surface area contributed by atoms with Crippen LogP contribution in [0.25, 0.3) is 10.9 Å². The molecule has 0 amide bonds. The summed E-state index contributed by atoms with van der Waals surface area (Å²) in [5.41, 5.74) is -1.02. The van der Waals surface area contributed by atoms with Crippen molar-refractivity contribution in [2.45, 2.75) is 31.6 Å². The first kappa shape index (κ1) is 19.8. The van der Waals surface area contributed by atoms with E-state index in [0.29, 0.717) is 19.1 Å². The van der Waals surface area contributed by atoms with Crippen molar-refractivity contribution in [2.24, 2.45) is 5.92 Å². The van der Waals surface area contributed by atoms with Crippen molar-refractivity contribution in [3.63, 3.8) is 0 Å². The summed E-state index contributed by atoms with van der Waals surface area (Å²) in [6, 6.07) is 2.81. The van der Waals surface area contributed by atoms with E-state index in [4.69, 9.17) is 0 Å². The average Bonchev–Trinajstić information content (AvgIpc) is 3.43. The number of carboxylic acid groups (broad SMARTS) is 1. The Hall–Kier alpha value is -2.55. The first-order valence-electron chi connectivity index (χ1n) is 9.67. The van der Waals surface area contributed by atoms with Crippen molar-refractivity contribution in [2.75, 3.05) is 31.2 Å². The monoisotopic (exact) mass is 409 g/mol. The second kappa shape index (κ2) is 7.70. The summed E-state index contributed by atoms with van der Waals surface area (Å²) in [5, 5.41) is 12.4. The van der Waals surface area contributed by atoms with E-state index < -0.39 is 35.6 Å². The summed E-state index contributed by atoms with van der Waals surface area (Å²) in [5.74, 6) is -2.46. The molecule has 156 valence electrons. The van der Waals surface area contributed by atoms with Crippen LogP contribution in [-0.2, 0) is 6.54 Å². The van der Waals surface area contributed by atoms with Gasteiger partial charge < -0.3 is 19.9 Å². The van der Waals surface area contributed by atoms with Gasteiger partial charge in [-0.25, -0.2) is 18.0 Å². The fourth-order valence-corrected chi connectivity index (χ4v) is 3.90. The van der Waals surface area contributed by atoms with Crippen LogP contribution < -0.4 is 15.6 Å². The maximum Gasteiger partial charge on any atom is 0.341 e. The van der Waals surface area contributed by atoms with Crippen molar-refractivity contribution in [3.05, 3.63) is 39.9 Å². The first-order valence-corrected chi connectivity index (χ1v) is 9.67. The summed E-state index contributed by atoms with van der Waals surface area (Å²) >= 11 is 0. The number of hydrogen-bond donors (Lipinski definition) is 2. The molecule has 29 heavy (non-hydrogen) atoms. The quantitative estimate of drug-likeness (QED) is 0.734. The third-order valence-corrected chi connectivity index (χ3v) is 5.65. The van der Waals surface area contributed by atoms with Gasteiger partial charge in [-0.3, -0.25) is 4.79 Å². The molecule has 0 bridgehead atoms. The minimum absolute atomic E-state index is 0.0278. The molecule has 1 aliphatic heterocycles. The molecule has 2 unspecified atom stereocenters. The molecule has 1 aliphatic carbocycles. The Morgan fingerprint density at radius 3 is 2.69 bits per heavy atom. The number of nitrogens with zero attached hydrogens (tertiary/aromatic N) is 2. The van der Waals surface area contributed by atoms with Gasteiger partial charge in [-0.05, 0) is 25.0 Å². The normalized spacial score (nSPS) is 21.8. The lowest BCUT2D eigenvalue weighted by Gasteiger charge is -2.21. The van der Waals surface area contributed by atoms with Gasteiger partial charge >= 0.3 is 5.97 Å². The minimum atomic E-state index is -1.46. The smallest absolute Gasteiger partial charge is 0.341 e. The van der Waals surface area contributed by atoms with Crippen LogP contribution in [0.1, 0.15) is 23.2 Å². The molecular weight excluding hydrogens is 387 g/mol. The molecule has 1 aromatic heterocycles. The number of fused-ring (bicyclic) bond motifs is 1. The fourth-order valence-electron chi connectivity index (χ4n) is 3.90. The highest BCUT2D eigenvalue weighted by molar-refractivity contribution is 5.93. The molecule has 2 atom stereocenters. The maximum atomic E-state index is 14.8. The molecular formula is C20H22F3N3O3. The third kappa shape index (κ3) is 3.83. The van der Waals surface area contributed by atoms with Crippen LogP contribution in [0.3, 0.4) is 0 Å². The lowest BCUT2D eigenvalue weighted by atomic mass is 10.1. The number of halogens is 3. The van der Waals surface area contributed by atoms with E-state index in [-0.39, 0.29) is 35.6 Å². The largest absolute Gasteiger partial charge is 0.477 e. The van der Waals surface area contributed by atoms with Crippen LogP contribution in [-0.4, -0.2) is 54.2 Å². The van der Waals surface area contributed by atoms with Crippen LogP contribution in [0.15, 0.2) is 23.1 Å². The Balaban J connectivity index is 1.71. The number of benzene rings is 1. The Kier molecular flexibility index (Phi) is 5.24. The number of carboxylic acids is 1. The third-order valence-electron chi connectivity index (χ3n) is 5.65. The zero-order valence-electron chi connectivity index (χ0n) is 15.7. The number of rotatable bonds is 7. The van der Waals surface area contributed by atoms with Gasteiger partial charge in [0, 0.05) is 43.2 Å². The second-order valence-corrected chi connectivity index (χ2v) is 7.74. The standard InChI is InChI=1S/C20H22F3N3O3/c21-3-4-25-9-14(20(28)29)19(27)13-5-15(22)18(6-17(13)25)26-8-11(16(23)10-26)7-24-12-1-2-12/h5-6,9,11-12,16,24H,1-4,7-8,10H2,(H,28,29). The van der Waals surface area contributed by atoms with Gasteiger partial charge in [-0.2, -0.15) is 0 Å². The van der Waals surface area contributed by atoms with Crippen LogP contribution in [0.5, 0.6) is 0 Å². The van der Waals surface area contributed by atoms with Gasteiger partial charge in [0.05, 0.1) is 17.7 Å². The minimum Gasteiger partial charge on any atom is -0.477 e. The number of carbonyl (C=O) groups is 1. The second-order valence-electron chi connectivity index (χ2n) is 7.74. The highest BCUT2D eigenvalue weighted by Crippen LogP contribution is 2.31. The fraction of sp³-hybridized carbons (Fsp3) is 0.500. The van der Waals surface area contributed by atoms with Crippen molar-refractivity contribution in [3.8, 4) is 0 Å². The van der Waals surface area contributed by atoms with Crippen LogP contribution in [0.2, 0.25) is 0 Å². The topological polar surface area (TPSA) is 74.6 Å². The van der Waals surface area contributed by atoms with E-state index in [2.05, 4.69) is 5.32 Å². The van der Waals surface area contributed by atoms with E-state index in [0.717, 1.165) is 25.1 Å².